The van der Waals surface area contributed by atoms with Gasteiger partial charge in [-0.1, -0.05) is 0 Å². The fourth-order valence-corrected chi connectivity index (χ4v) is 3.92. The summed E-state index contributed by atoms with van der Waals surface area (Å²) in [7, 11) is 0. The lowest BCUT2D eigenvalue weighted by Crippen LogP contribution is -2.37. The Morgan fingerprint density at radius 3 is 2.80 bits per heavy atom. The molecule has 1 fully saturated rings. The minimum absolute atomic E-state index is 0.0956. The molecule has 1 unspecified atom stereocenters. The molecule has 1 aromatic rings. The molecule has 1 aliphatic rings. The van der Waals surface area contributed by atoms with E-state index in [2.05, 4.69) is 10.6 Å². The van der Waals surface area contributed by atoms with Crippen molar-refractivity contribution in [3.8, 4) is 0 Å². The maximum absolute atomic E-state index is 12.1. The molecule has 0 spiro atoms. The van der Waals surface area contributed by atoms with Crippen LogP contribution in [0.2, 0.25) is 0 Å². The van der Waals surface area contributed by atoms with E-state index in [4.69, 9.17) is 4.74 Å². The monoisotopic (exact) mass is 314 g/mol. The fraction of sp³-hybridized carbons (Fsp3) is 0.538. The summed E-state index contributed by atoms with van der Waals surface area (Å²) >= 11 is 3.10. The lowest BCUT2D eigenvalue weighted by atomic mass is 10.1. The Morgan fingerprint density at radius 2 is 2.20 bits per heavy atom. The standard InChI is InChI=1S/C13H18N2O3S2/c1-4-18-13(17)10-7(2)8(3)20-12(10)15-11(16)9-5-19-6-14-9/h9,14H,4-6H2,1-3H3,(H,15,16). The van der Waals surface area contributed by atoms with Crippen LogP contribution in [0.25, 0.3) is 0 Å². The van der Waals surface area contributed by atoms with E-state index in [9.17, 15) is 9.59 Å². The molecule has 0 aromatic carbocycles. The van der Waals surface area contributed by atoms with Gasteiger partial charge in [-0.2, -0.15) is 0 Å². The van der Waals surface area contributed by atoms with Crippen LogP contribution >= 0.6 is 23.1 Å². The Labute approximate surface area is 126 Å². The number of amides is 1. The van der Waals surface area contributed by atoms with Gasteiger partial charge in [0.15, 0.2) is 0 Å². The molecule has 1 saturated heterocycles. The van der Waals surface area contributed by atoms with Crippen LogP contribution in [0, 0.1) is 13.8 Å². The van der Waals surface area contributed by atoms with Crippen LogP contribution in [0.4, 0.5) is 5.00 Å². The highest BCUT2D eigenvalue weighted by Gasteiger charge is 2.26. The van der Waals surface area contributed by atoms with E-state index in [-0.39, 0.29) is 17.9 Å². The molecule has 0 radical (unpaired) electrons. The molecule has 0 aliphatic carbocycles. The lowest BCUT2D eigenvalue weighted by Gasteiger charge is -2.10. The number of ether oxygens (including phenoxy) is 1. The molecule has 7 heteroatoms. The van der Waals surface area contributed by atoms with Crippen molar-refractivity contribution < 1.29 is 14.3 Å². The first-order valence-corrected chi connectivity index (χ1v) is 8.40. The van der Waals surface area contributed by atoms with E-state index >= 15 is 0 Å². The number of nitrogens with one attached hydrogen (secondary N) is 2. The average Bonchev–Trinajstić information content (AvgIpc) is 3.00. The van der Waals surface area contributed by atoms with Gasteiger partial charge < -0.3 is 10.1 Å². The molecule has 2 N–H and O–H groups in total. The second kappa shape index (κ2) is 6.60. The van der Waals surface area contributed by atoms with E-state index in [0.717, 1.165) is 22.1 Å². The van der Waals surface area contributed by atoms with Gasteiger partial charge in [-0.3, -0.25) is 10.1 Å². The molecule has 110 valence electrons. The van der Waals surface area contributed by atoms with E-state index in [0.29, 0.717) is 17.2 Å². The summed E-state index contributed by atoms with van der Waals surface area (Å²) < 4.78 is 5.07. The number of carbonyl (C=O) groups is 2. The Morgan fingerprint density at radius 1 is 1.45 bits per heavy atom. The van der Waals surface area contributed by atoms with Crippen LogP contribution in [0.1, 0.15) is 27.7 Å². The number of hydrogen-bond acceptors (Lipinski definition) is 6. The first kappa shape index (κ1) is 15.3. The third-order valence-corrected chi connectivity index (χ3v) is 5.20. The van der Waals surface area contributed by atoms with Gasteiger partial charge in [0.1, 0.15) is 5.00 Å². The molecule has 0 bridgehead atoms. The van der Waals surface area contributed by atoms with E-state index in [1.807, 2.05) is 13.8 Å². The second-order valence-corrected chi connectivity index (χ2v) is 6.72. The molecule has 0 saturated carbocycles. The molecule has 1 aromatic heterocycles. The first-order chi connectivity index (χ1) is 9.54. The van der Waals surface area contributed by atoms with E-state index in [1.165, 1.54) is 11.3 Å². The zero-order valence-corrected chi connectivity index (χ0v) is 13.4. The minimum atomic E-state index is -0.376. The largest absolute Gasteiger partial charge is 0.462 e. The van der Waals surface area contributed by atoms with Gasteiger partial charge in [0.05, 0.1) is 18.2 Å². The number of thiophene rings is 1. The number of esters is 1. The maximum atomic E-state index is 12.1. The van der Waals surface area contributed by atoms with Gasteiger partial charge in [-0.05, 0) is 26.3 Å². The summed E-state index contributed by atoms with van der Waals surface area (Å²) in [6.45, 7) is 5.89. The Bertz CT molecular complexity index is 522. The second-order valence-electron chi connectivity index (χ2n) is 4.47. The number of thioether (sulfide) groups is 1. The van der Waals surface area contributed by atoms with Crippen molar-refractivity contribution >= 4 is 40.0 Å². The van der Waals surface area contributed by atoms with Crippen molar-refractivity contribution in [2.24, 2.45) is 0 Å². The third kappa shape index (κ3) is 3.16. The summed E-state index contributed by atoms with van der Waals surface area (Å²) in [5.41, 5.74) is 1.35. The molecule has 20 heavy (non-hydrogen) atoms. The van der Waals surface area contributed by atoms with Crippen molar-refractivity contribution in [1.82, 2.24) is 5.32 Å². The van der Waals surface area contributed by atoms with Crippen LogP contribution in [0.5, 0.6) is 0 Å². The predicted molar refractivity (Wildman–Crippen MR) is 82.6 cm³/mol. The molecule has 2 rings (SSSR count). The van der Waals surface area contributed by atoms with E-state index < -0.39 is 0 Å². The predicted octanol–water partition coefficient (Wildman–Crippen LogP) is 2.14. The quantitative estimate of drug-likeness (QED) is 0.834. The van der Waals surface area contributed by atoms with Gasteiger partial charge in [0.2, 0.25) is 5.91 Å². The maximum Gasteiger partial charge on any atom is 0.341 e. The molecule has 1 amide bonds. The number of rotatable bonds is 4. The van der Waals surface area contributed by atoms with Crippen LogP contribution < -0.4 is 10.6 Å². The van der Waals surface area contributed by atoms with Crippen molar-refractivity contribution in [2.45, 2.75) is 26.8 Å². The van der Waals surface area contributed by atoms with Gasteiger partial charge in [-0.25, -0.2) is 4.79 Å². The van der Waals surface area contributed by atoms with Crippen LogP contribution in [0.3, 0.4) is 0 Å². The van der Waals surface area contributed by atoms with Crippen LogP contribution in [-0.2, 0) is 9.53 Å². The molecule has 1 aliphatic heterocycles. The van der Waals surface area contributed by atoms with Crippen molar-refractivity contribution in [2.75, 3.05) is 23.6 Å². The summed E-state index contributed by atoms with van der Waals surface area (Å²) in [4.78, 5) is 25.2. The molecular weight excluding hydrogens is 296 g/mol. The lowest BCUT2D eigenvalue weighted by molar-refractivity contribution is -0.117. The van der Waals surface area contributed by atoms with Gasteiger partial charge in [-0.15, -0.1) is 23.1 Å². The van der Waals surface area contributed by atoms with Gasteiger partial charge in [0, 0.05) is 16.5 Å². The zero-order chi connectivity index (χ0) is 14.7. The fourth-order valence-electron chi connectivity index (χ4n) is 1.93. The third-order valence-electron chi connectivity index (χ3n) is 3.13. The van der Waals surface area contributed by atoms with Gasteiger partial charge in [0.25, 0.3) is 0 Å². The highest BCUT2D eigenvalue weighted by atomic mass is 32.2. The zero-order valence-electron chi connectivity index (χ0n) is 11.7. The topological polar surface area (TPSA) is 67.4 Å². The average molecular weight is 314 g/mol. The van der Waals surface area contributed by atoms with Crippen LogP contribution in [0.15, 0.2) is 0 Å². The summed E-state index contributed by atoms with van der Waals surface area (Å²) in [5, 5.41) is 6.55. The Balaban J connectivity index is 2.20. The smallest absolute Gasteiger partial charge is 0.341 e. The SMILES string of the molecule is CCOC(=O)c1c(NC(=O)C2CSCN2)sc(C)c1C. The highest BCUT2D eigenvalue weighted by Crippen LogP contribution is 2.33. The normalized spacial score (nSPS) is 18.1. The number of aryl methyl sites for hydroxylation is 1. The number of carbonyl (C=O) groups excluding carboxylic acids is 2. The van der Waals surface area contributed by atoms with Crippen molar-refractivity contribution in [3.63, 3.8) is 0 Å². The Hall–Kier alpha value is -1.05. The highest BCUT2D eigenvalue weighted by molar-refractivity contribution is 7.99. The van der Waals surface area contributed by atoms with Crippen LogP contribution in [-0.4, -0.2) is 36.2 Å². The first-order valence-electron chi connectivity index (χ1n) is 6.43. The van der Waals surface area contributed by atoms with Gasteiger partial charge >= 0.3 is 5.97 Å². The molecule has 1 atom stereocenters. The molecular formula is C13H18N2O3S2. The van der Waals surface area contributed by atoms with E-state index in [1.54, 1.807) is 18.7 Å². The summed E-state index contributed by atoms with van der Waals surface area (Å²) in [5.74, 6) is 1.06. The molecule has 5 nitrogen and oxygen atoms in total. The molecule has 2 heterocycles. The number of hydrogen-bond donors (Lipinski definition) is 2. The summed E-state index contributed by atoms with van der Waals surface area (Å²) in [6, 6.07) is -0.197. The Kier molecular flexibility index (Phi) is 5.06. The summed E-state index contributed by atoms with van der Waals surface area (Å²) in [6.07, 6.45) is 0. The van der Waals surface area contributed by atoms with Crippen molar-refractivity contribution in [3.05, 3.63) is 16.0 Å². The van der Waals surface area contributed by atoms with Crippen molar-refractivity contribution in [1.29, 1.82) is 0 Å². The number of anilines is 1. The minimum Gasteiger partial charge on any atom is -0.462 e.